The van der Waals surface area contributed by atoms with Crippen molar-refractivity contribution in [3.63, 3.8) is 0 Å². The van der Waals surface area contributed by atoms with Gasteiger partial charge in [-0.25, -0.2) is 13.2 Å². The fourth-order valence-corrected chi connectivity index (χ4v) is 5.38. The highest BCUT2D eigenvalue weighted by molar-refractivity contribution is 7.89. The minimum atomic E-state index is -4.64. The number of ether oxygens (including phenoxy) is 1. The van der Waals surface area contributed by atoms with Crippen LogP contribution in [0.2, 0.25) is 0 Å². The summed E-state index contributed by atoms with van der Waals surface area (Å²) < 4.78 is 70.5. The van der Waals surface area contributed by atoms with Gasteiger partial charge in [0.2, 0.25) is 15.9 Å². The minimum Gasteiger partial charge on any atom is -0.450 e. The Morgan fingerprint density at radius 1 is 1.03 bits per heavy atom. The predicted octanol–water partition coefficient (Wildman–Crippen LogP) is 2.41. The SMILES string of the molecule is CCOC(=O)N1CCC(C(=O)N2CCN(S(=O)(=O)c3cccc(C(F)(F)F)c3)CC2)CC1. The molecule has 0 unspecified atom stereocenters. The summed E-state index contributed by atoms with van der Waals surface area (Å²) in [7, 11) is -4.10. The number of piperidine rings is 1. The molecule has 2 heterocycles. The Bertz CT molecular complexity index is 938. The Balaban J connectivity index is 1.57. The van der Waals surface area contributed by atoms with E-state index >= 15 is 0 Å². The molecule has 0 aliphatic carbocycles. The van der Waals surface area contributed by atoms with Crippen molar-refractivity contribution in [3.8, 4) is 0 Å². The van der Waals surface area contributed by atoms with Gasteiger partial charge in [0.25, 0.3) is 0 Å². The summed E-state index contributed by atoms with van der Waals surface area (Å²) in [5.41, 5.74) is -1.03. The number of nitrogens with zero attached hydrogens (tertiary/aromatic N) is 3. The van der Waals surface area contributed by atoms with Gasteiger partial charge in [-0.15, -0.1) is 0 Å². The number of halogens is 3. The van der Waals surface area contributed by atoms with E-state index in [1.807, 2.05) is 0 Å². The lowest BCUT2D eigenvalue weighted by atomic mass is 9.95. The van der Waals surface area contributed by atoms with Crippen molar-refractivity contribution < 1.29 is 35.9 Å². The Morgan fingerprint density at radius 2 is 1.66 bits per heavy atom. The summed E-state index contributed by atoms with van der Waals surface area (Å²) in [6.07, 6.45) is -4.04. The van der Waals surface area contributed by atoms with E-state index in [1.54, 1.807) is 16.7 Å². The molecule has 0 bridgehead atoms. The highest BCUT2D eigenvalue weighted by Crippen LogP contribution is 2.31. The first-order valence-corrected chi connectivity index (χ1v) is 11.9. The first kappa shape index (κ1) is 24.3. The van der Waals surface area contributed by atoms with Gasteiger partial charge in [-0.05, 0) is 38.0 Å². The minimum absolute atomic E-state index is 0.00594. The molecule has 2 aliphatic rings. The standard InChI is InChI=1S/C20H26F3N3O5S/c1-2-31-19(28)25-8-6-15(7-9-25)18(27)24-10-12-26(13-11-24)32(29,30)17-5-3-4-16(14-17)20(21,22)23/h3-5,14-15H,2,6-13H2,1H3. The molecule has 2 saturated heterocycles. The molecule has 0 atom stereocenters. The van der Waals surface area contributed by atoms with Crippen LogP contribution in [0.4, 0.5) is 18.0 Å². The topological polar surface area (TPSA) is 87.2 Å². The number of sulfonamides is 1. The lowest BCUT2D eigenvalue weighted by Crippen LogP contribution is -2.53. The van der Waals surface area contributed by atoms with Crippen LogP contribution in [-0.4, -0.2) is 80.4 Å². The molecule has 0 radical (unpaired) electrons. The van der Waals surface area contributed by atoms with Crippen LogP contribution in [-0.2, 0) is 25.7 Å². The van der Waals surface area contributed by atoms with Crippen LogP contribution in [0.5, 0.6) is 0 Å². The lowest BCUT2D eigenvalue weighted by molar-refractivity contribution is -0.138. The monoisotopic (exact) mass is 477 g/mol. The maximum absolute atomic E-state index is 12.9. The Hall–Kier alpha value is -2.34. The molecule has 3 rings (SSSR count). The van der Waals surface area contributed by atoms with Gasteiger partial charge in [-0.1, -0.05) is 6.07 Å². The molecule has 12 heteroatoms. The van der Waals surface area contributed by atoms with Gasteiger partial charge >= 0.3 is 12.3 Å². The zero-order chi connectivity index (χ0) is 23.5. The van der Waals surface area contributed by atoms with Crippen LogP contribution < -0.4 is 0 Å². The van der Waals surface area contributed by atoms with E-state index in [0.717, 1.165) is 22.5 Å². The van der Waals surface area contributed by atoms with Crippen molar-refractivity contribution in [1.29, 1.82) is 0 Å². The summed E-state index contributed by atoms with van der Waals surface area (Å²) in [4.78, 5) is 27.3. The van der Waals surface area contributed by atoms with Crippen molar-refractivity contribution in [2.24, 2.45) is 5.92 Å². The van der Waals surface area contributed by atoms with E-state index in [-0.39, 0.29) is 44.6 Å². The Kier molecular flexibility index (Phi) is 7.33. The van der Waals surface area contributed by atoms with E-state index in [2.05, 4.69) is 0 Å². The summed E-state index contributed by atoms with van der Waals surface area (Å²) in [5.74, 6) is -0.350. The molecule has 178 valence electrons. The molecule has 2 aliphatic heterocycles. The Morgan fingerprint density at radius 3 is 2.22 bits per heavy atom. The first-order valence-electron chi connectivity index (χ1n) is 10.4. The number of piperazine rings is 1. The van der Waals surface area contributed by atoms with Crippen molar-refractivity contribution in [3.05, 3.63) is 29.8 Å². The van der Waals surface area contributed by atoms with Gasteiger partial charge in [-0.3, -0.25) is 4.79 Å². The molecule has 8 nitrogen and oxygen atoms in total. The van der Waals surface area contributed by atoms with Gasteiger partial charge in [0.1, 0.15) is 0 Å². The number of amides is 2. The maximum atomic E-state index is 12.9. The van der Waals surface area contributed by atoms with E-state index in [0.29, 0.717) is 32.0 Å². The number of rotatable bonds is 4. The third-order valence-electron chi connectivity index (χ3n) is 5.72. The lowest BCUT2D eigenvalue weighted by Gasteiger charge is -2.38. The van der Waals surface area contributed by atoms with Crippen molar-refractivity contribution in [1.82, 2.24) is 14.1 Å². The predicted molar refractivity (Wildman–Crippen MR) is 108 cm³/mol. The summed E-state index contributed by atoms with van der Waals surface area (Å²) >= 11 is 0. The zero-order valence-electron chi connectivity index (χ0n) is 17.7. The van der Waals surface area contributed by atoms with E-state index < -0.39 is 32.8 Å². The number of carbonyl (C=O) groups is 2. The first-order chi connectivity index (χ1) is 15.0. The van der Waals surface area contributed by atoms with Crippen LogP contribution in [0.1, 0.15) is 25.3 Å². The summed E-state index contributed by atoms with van der Waals surface area (Å²) in [6.45, 7) is 3.17. The molecular formula is C20H26F3N3O5S. The highest BCUT2D eigenvalue weighted by atomic mass is 32.2. The Labute approximate surface area is 185 Å². The van der Waals surface area contributed by atoms with Crippen LogP contribution in [0.15, 0.2) is 29.2 Å². The molecule has 2 fully saturated rings. The van der Waals surface area contributed by atoms with Gasteiger partial charge in [0, 0.05) is 45.2 Å². The molecule has 0 saturated carbocycles. The van der Waals surface area contributed by atoms with Crippen molar-refractivity contribution >= 4 is 22.0 Å². The maximum Gasteiger partial charge on any atom is 0.416 e. The third kappa shape index (κ3) is 5.34. The molecule has 0 spiro atoms. The van der Waals surface area contributed by atoms with Crippen LogP contribution in [0.25, 0.3) is 0 Å². The van der Waals surface area contributed by atoms with E-state index in [4.69, 9.17) is 4.74 Å². The summed E-state index contributed by atoms with van der Waals surface area (Å²) in [5, 5.41) is 0. The second kappa shape index (κ2) is 9.65. The normalized spacial score (nSPS) is 19.1. The largest absolute Gasteiger partial charge is 0.450 e. The molecule has 1 aromatic carbocycles. The van der Waals surface area contributed by atoms with E-state index in [9.17, 15) is 31.2 Å². The molecule has 0 aromatic heterocycles. The van der Waals surface area contributed by atoms with Gasteiger partial charge in [0.05, 0.1) is 17.1 Å². The van der Waals surface area contributed by atoms with Crippen molar-refractivity contribution in [2.75, 3.05) is 45.9 Å². The van der Waals surface area contributed by atoms with Crippen LogP contribution in [0, 0.1) is 5.92 Å². The highest BCUT2D eigenvalue weighted by Gasteiger charge is 2.36. The summed E-state index contributed by atoms with van der Waals surface area (Å²) in [6, 6.07) is 3.66. The van der Waals surface area contributed by atoms with Gasteiger partial charge in [-0.2, -0.15) is 17.5 Å². The number of hydrogen-bond donors (Lipinski definition) is 0. The van der Waals surface area contributed by atoms with Gasteiger partial charge in [0.15, 0.2) is 0 Å². The third-order valence-corrected chi connectivity index (χ3v) is 7.61. The van der Waals surface area contributed by atoms with Crippen molar-refractivity contribution in [2.45, 2.75) is 30.8 Å². The quantitative estimate of drug-likeness (QED) is 0.665. The van der Waals surface area contributed by atoms with E-state index in [1.165, 1.54) is 0 Å². The van der Waals surface area contributed by atoms with Crippen LogP contribution >= 0.6 is 0 Å². The molecule has 1 aromatic rings. The zero-order valence-corrected chi connectivity index (χ0v) is 18.5. The number of benzene rings is 1. The second-order valence-electron chi connectivity index (χ2n) is 7.72. The molecule has 32 heavy (non-hydrogen) atoms. The average molecular weight is 478 g/mol. The van der Waals surface area contributed by atoms with Crippen LogP contribution in [0.3, 0.4) is 0 Å². The fraction of sp³-hybridized carbons (Fsp3) is 0.600. The smallest absolute Gasteiger partial charge is 0.416 e. The molecular weight excluding hydrogens is 451 g/mol. The average Bonchev–Trinajstić information content (AvgIpc) is 2.78. The van der Waals surface area contributed by atoms with Gasteiger partial charge < -0.3 is 14.5 Å². The molecule has 2 amide bonds. The fourth-order valence-electron chi connectivity index (χ4n) is 3.91. The number of carbonyl (C=O) groups excluding carboxylic acids is 2. The number of likely N-dealkylation sites (tertiary alicyclic amines) is 1. The second-order valence-corrected chi connectivity index (χ2v) is 9.65. The molecule has 0 N–H and O–H groups in total. The number of hydrogen-bond acceptors (Lipinski definition) is 5. The number of alkyl halides is 3.